The summed E-state index contributed by atoms with van der Waals surface area (Å²) in [5.41, 5.74) is 0. The van der Waals surface area contributed by atoms with Gasteiger partial charge in [0, 0.05) is 0 Å². The second kappa shape index (κ2) is 3.49. The summed E-state index contributed by atoms with van der Waals surface area (Å²) in [6.45, 7) is 11.3. The summed E-state index contributed by atoms with van der Waals surface area (Å²) < 4.78 is 0.408. The molecular formula is C8H19ClGe. The van der Waals surface area contributed by atoms with Crippen molar-refractivity contribution in [2.75, 3.05) is 0 Å². The van der Waals surface area contributed by atoms with Gasteiger partial charge in [-0.1, -0.05) is 0 Å². The molecular weight excluding hydrogens is 204 g/mol. The maximum absolute atomic E-state index is 6.57. The molecule has 2 heteroatoms. The van der Waals surface area contributed by atoms with E-state index < -0.39 is 12.3 Å². The Bertz CT molecular complexity index is 100. The number of halogens is 1. The third kappa shape index (κ3) is 2.16. The van der Waals surface area contributed by atoms with Crippen LogP contribution in [0.2, 0.25) is 14.8 Å². The van der Waals surface area contributed by atoms with Gasteiger partial charge in [-0.25, -0.2) is 0 Å². The number of rotatable bonds is 2. The third-order valence-electron chi connectivity index (χ3n) is 2.46. The Morgan fingerprint density at radius 2 is 1.40 bits per heavy atom. The van der Waals surface area contributed by atoms with Gasteiger partial charge >= 0.3 is 71.7 Å². The van der Waals surface area contributed by atoms with Gasteiger partial charge in [-0.05, 0) is 0 Å². The molecule has 0 aromatic heterocycles. The molecule has 0 unspecified atom stereocenters. The summed E-state index contributed by atoms with van der Waals surface area (Å²) in [5.74, 6) is 0. The van der Waals surface area contributed by atoms with Crippen molar-refractivity contribution in [3.63, 3.8) is 0 Å². The van der Waals surface area contributed by atoms with E-state index in [-0.39, 0.29) is 0 Å². The van der Waals surface area contributed by atoms with Crippen LogP contribution in [-0.4, -0.2) is 12.3 Å². The summed E-state index contributed by atoms with van der Waals surface area (Å²) in [7, 11) is 6.57. The van der Waals surface area contributed by atoms with Crippen molar-refractivity contribution in [1.29, 1.82) is 0 Å². The molecule has 0 nitrogen and oxygen atoms in total. The van der Waals surface area contributed by atoms with Crippen LogP contribution in [0.4, 0.5) is 0 Å². The van der Waals surface area contributed by atoms with Crippen molar-refractivity contribution < 1.29 is 0 Å². The average molecular weight is 223 g/mol. The molecule has 0 heterocycles. The zero-order valence-corrected chi connectivity index (χ0v) is 10.6. The molecule has 0 bridgehead atoms. The first-order valence-corrected chi connectivity index (χ1v) is 10.8. The summed E-state index contributed by atoms with van der Waals surface area (Å²) in [4.78, 5) is 0. The zero-order chi connectivity index (χ0) is 8.41. The summed E-state index contributed by atoms with van der Waals surface area (Å²) in [6.07, 6.45) is 0. The van der Waals surface area contributed by atoms with Gasteiger partial charge in [0.15, 0.2) is 0 Å². The van der Waals surface area contributed by atoms with Crippen molar-refractivity contribution in [2.24, 2.45) is 0 Å². The fraction of sp³-hybridized carbons (Fsp3) is 1.00. The van der Waals surface area contributed by atoms with Gasteiger partial charge in [-0.15, -0.1) is 0 Å². The van der Waals surface area contributed by atoms with Gasteiger partial charge in [0.25, 0.3) is 0 Å². The van der Waals surface area contributed by atoms with Crippen LogP contribution in [0.3, 0.4) is 0 Å². The van der Waals surface area contributed by atoms with E-state index in [2.05, 4.69) is 34.6 Å². The fourth-order valence-electron chi connectivity index (χ4n) is 1.31. The molecule has 0 aliphatic heterocycles. The molecule has 0 aromatic carbocycles. The van der Waals surface area contributed by atoms with Crippen LogP contribution in [0, 0.1) is 0 Å². The summed E-state index contributed by atoms with van der Waals surface area (Å²) in [6, 6.07) is 0. The molecule has 0 atom stereocenters. The minimum absolute atomic E-state index is 0.408. The molecule has 0 saturated heterocycles. The van der Waals surface area contributed by atoms with E-state index in [0.717, 1.165) is 0 Å². The molecule has 0 aromatic rings. The van der Waals surface area contributed by atoms with E-state index in [9.17, 15) is 0 Å². The Balaban J connectivity index is 4.33. The van der Waals surface area contributed by atoms with Crippen LogP contribution in [0.1, 0.15) is 34.6 Å². The number of hydrogen-bond donors (Lipinski definition) is 0. The van der Waals surface area contributed by atoms with E-state index in [4.69, 9.17) is 10.0 Å². The summed E-state index contributed by atoms with van der Waals surface area (Å²) >= 11 is -1.92. The van der Waals surface area contributed by atoms with Crippen LogP contribution in [0.15, 0.2) is 0 Å². The Morgan fingerprint density at radius 3 is 1.40 bits per heavy atom. The number of hydrogen-bond acceptors (Lipinski definition) is 0. The van der Waals surface area contributed by atoms with Crippen LogP contribution >= 0.6 is 10.0 Å². The van der Waals surface area contributed by atoms with E-state index in [1.165, 1.54) is 10.5 Å². The molecule has 0 radical (unpaired) electrons. The second-order valence-corrected chi connectivity index (χ2v) is 17.8. The van der Waals surface area contributed by atoms with Crippen LogP contribution in [0.5, 0.6) is 0 Å². The van der Waals surface area contributed by atoms with Crippen molar-refractivity contribution in [1.82, 2.24) is 0 Å². The first-order chi connectivity index (χ1) is 4.37. The second-order valence-electron chi connectivity index (χ2n) is 3.92. The predicted molar refractivity (Wildman–Crippen MR) is 52.3 cm³/mol. The third-order valence-corrected chi connectivity index (χ3v) is 18.5. The molecule has 0 fully saturated rings. The van der Waals surface area contributed by atoms with Crippen LogP contribution < -0.4 is 0 Å². The van der Waals surface area contributed by atoms with Gasteiger partial charge < -0.3 is 0 Å². The minimum atomic E-state index is -1.92. The first-order valence-electron chi connectivity index (χ1n) is 4.06. The Labute approximate surface area is 71.9 Å². The van der Waals surface area contributed by atoms with E-state index in [0.29, 0.717) is 4.25 Å². The Morgan fingerprint density at radius 1 is 1.10 bits per heavy atom. The van der Waals surface area contributed by atoms with Gasteiger partial charge in [0.2, 0.25) is 0 Å². The van der Waals surface area contributed by atoms with Gasteiger partial charge in [0.05, 0.1) is 0 Å². The molecule has 0 aliphatic carbocycles. The van der Waals surface area contributed by atoms with Crippen molar-refractivity contribution in [3.05, 3.63) is 0 Å². The molecule has 0 rings (SSSR count). The standard InChI is InChI=1S/C8H19ClGe/c1-6-10(9,7-2)8(3,4)5/h6-7H2,1-5H3. The monoisotopic (exact) mass is 224 g/mol. The zero-order valence-electron chi connectivity index (χ0n) is 7.79. The van der Waals surface area contributed by atoms with E-state index >= 15 is 0 Å². The Hall–Kier alpha value is 0.833. The normalized spacial score (nSPS) is 13.8. The Kier molecular flexibility index (Phi) is 3.78. The van der Waals surface area contributed by atoms with Gasteiger partial charge in [-0.2, -0.15) is 0 Å². The molecule has 10 heavy (non-hydrogen) atoms. The predicted octanol–water partition coefficient (Wildman–Crippen LogP) is 4.01. The fourth-order valence-corrected chi connectivity index (χ4v) is 6.81. The van der Waals surface area contributed by atoms with Crippen molar-refractivity contribution in [2.45, 2.75) is 49.4 Å². The van der Waals surface area contributed by atoms with E-state index in [1.807, 2.05) is 0 Å². The van der Waals surface area contributed by atoms with E-state index in [1.54, 1.807) is 0 Å². The van der Waals surface area contributed by atoms with Gasteiger partial charge in [-0.3, -0.25) is 0 Å². The molecule has 0 N–H and O–H groups in total. The molecule has 62 valence electrons. The first kappa shape index (κ1) is 10.8. The van der Waals surface area contributed by atoms with Crippen LogP contribution in [-0.2, 0) is 0 Å². The quantitative estimate of drug-likeness (QED) is 0.620. The SMILES string of the molecule is C[CH2][Ge]([Cl])([CH2]C)[C](C)(C)C. The molecule has 0 amide bonds. The topological polar surface area (TPSA) is 0 Å². The van der Waals surface area contributed by atoms with Gasteiger partial charge in [0.1, 0.15) is 0 Å². The molecule has 0 spiro atoms. The van der Waals surface area contributed by atoms with Crippen molar-refractivity contribution >= 4 is 22.3 Å². The van der Waals surface area contributed by atoms with Crippen LogP contribution in [0.25, 0.3) is 0 Å². The molecule has 0 aliphatic rings. The maximum atomic E-state index is 6.57. The molecule has 0 saturated carbocycles. The van der Waals surface area contributed by atoms with Crippen molar-refractivity contribution in [3.8, 4) is 0 Å². The summed E-state index contributed by atoms with van der Waals surface area (Å²) in [5, 5.41) is 2.48. The average Bonchev–Trinajstić information content (AvgIpc) is 1.84.